The zero-order valence-electron chi connectivity index (χ0n) is 17.3. The molecular formula is C21H22F2N6O3. The second kappa shape index (κ2) is 9.27. The van der Waals surface area contributed by atoms with Gasteiger partial charge in [-0.05, 0) is 43.6 Å². The Bertz CT molecular complexity index is 1080. The van der Waals surface area contributed by atoms with Gasteiger partial charge in [0.2, 0.25) is 5.89 Å². The van der Waals surface area contributed by atoms with Crippen molar-refractivity contribution in [1.29, 1.82) is 5.41 Å². The van der Waals surface area contributed by atoms with Gasteiger partial charge in [-0.3, -0.25) is 4.79 Å². The summed E-state index contributed by atoms with van der Waals surface area (Å²) in [4.78, 5) is 12.2. The number of amides is 1. The van der Waals surface area contributed by atoms with E-state index in [1.807, 2.05) is 0 Å². The Morgan fingerprint density at radius 1 is 1.25 bits per heavy atom. The van der Waals surface area contributed by atoms with Gasteiger partial charge < -0.3 is 30.5 Å². The molecule has 11 heteroatoms. The summed E-state index contributed by atoms with van der Waals surface area (Å²) in [6.07, 6.45) is 4.27. The van der Waals surface area contributed by atoms with E-state index in [-0.39, 0.29) is 47.0 Å². The van der Waals surface area contributed by atoms with Crippen molar-refractivity contribution >= 4 is 17.7 Å². The van der Waals surface area contributed by atoms with E-state index in [1.54, 1.807) is 0 Å². The van der Waals surface area contributed by atoms with Crippen LogP contribution in [-0.4, -0.2) is 42.5 Å². The van der Waals surface area contributed by atoms with Gasteiger partial charge in [0.15, 0.2) is 17.4 Å². The molecule has 1 fully saturated rings. The highest BCUT2D eigenvalue weighted by Gasteiger charge is 2.26. The first-order valence-electron chi connectivity index (χ1n) is 10.1. The predicted molar refractivity (Wildman–Crippen MR) is 111 cm³/mol. The van der Waals surface area contributed by atoms with Crippen LogP contribution in [0.15, 0.2) is 34.1 Å². The minimum Gasteiger partial charge on any atom is -0.491 e. The number of rotatable bonds is 6. The molecule has 2 aliphatic heterocycles. The predicted octanol–water partition coefficient (Wildman–Crippen LogP) is 1.87. The van der Waals surface area contributed by atoms with Gasteiger partial charge in [0.05, 0.1) is 19.1 Å². The number of hydrogen-bond acceptors (Lipinski definition) is 8. The van der Waals surface area contributed by atoms with Crippen molar-refractivity contribution in [1.82, 2.24) is 26.1 Å². The van der Waals surface area contributed by atoms with Crippen LogP contribution in [0.25, 0.3) is 5.57 Å². The maximum absolute atomic E-state index is 13.9. The molecule has 2 aromatic rings. The van der Waals surface area contributed by atoms with E-state index in [0.717, 1.165) is 50.0 Å². The Morgan fingerprint density at radius 3 is 2.62 bits per heavy atom. The van der Waals surface area contributed by atoms with Crippen molar-refractivity contribution in [2.75, 3.05) is 20.2 Å². The molecule has 0 saturated carbocycles. The molecule has 9 nitrogen and oxygen atoms in total. The third-order valence-electron chi connectivity index (χ3n) is 5.31. The Kier molecular flexibility index (Phi) is 6.26. The summed E-state index contributed by atoms with van der Waals surface area (Å²) in [5.74, 6) is -1.88. The molecule has 2 aliphatic rings. The Hall–Kier alpha value is -3.60. The lowest BCUT2D eigenvalue weighted by molar-refractivity contribution is -0.116. The number of nitrogens with zero attached hydrogens (tertiary/aromatic N) is 2. The first-order valence-corrected chi connectivity index (χ1v) is 10.1. The standard InChI is InChI=1S/C21H22F2N6O3/c1-31-19-14(22)6-11(7-15(19)23)8-18-28-29-21(32-18)13(10-24)20-26-16(9-17(30)27-20)12-2-4-25-5-3-12/h6-7,9-10,12,24-26H,2-5,8H2,1H3,(H,27,30)/b20-13-,24-10?. The number of piperidine rings is 1. The van der Waals surface area contributed by atoms with Crippen LogP contribution in [0.1, 0.15) is 30.2 Å². The third-order valence-corrected chi connectivity index (χ3v) is 5.31. The topological polar surface area (TPSA) is 125 Å². The maximum atomic E-state index is 13.9. The second-order valence-corrected chi connectivity index (χ2v) is 7.44. The molecule has 0 radical (unpaired) electrons. The van der Waals surface area contributed by atoms with Gasteiger partial charge in [0.1, 0.15) is 5.82 Å². The lowest BCUT2D eigenvalue weighted by Gasteiger charge is -2.29. The molecule has 1 saturated heterocycles. The van der Waals surface area contributed by atoms with Crippen LogP contribution >= 0.6 is 0 Å². The zero-order valence-corrected chi connectivity index (χ0v) is 17.3. The maximum Gasteiger partial charge on any atom is 0.252 e. The van der Waals surface area contributed by atoms with E-state index < -0.39 is 17.4 Å². The molecule has 4 N–H and O–H groups in total. The summed E-state index contributed by atoms with van der Waals surface area (Å²) >= 11 is 0. The number of methoxy groups -OCH3 is 1. The summed E-state index contributed by atoms with van der Waals surface area (Å²) in [5.41, 5.74) is 1.25. The van der Waals surface area contributed by atoms with Crippen LogP contribution in [0.5, 0.6) is 5.75 Å². The average molecular weight is 444 g/mol. The number of aromatic nitrogens is 2. The molecule has 1 amide bonds. The van der Waals surface area contributed by atoms with E-state index in [4.69, 9.17) is 9.83 Å². The van der Waals surface area contributed by atoms with E-state index in [2.05, 4.69) is 30.9 Å². The highest BCUT2D eigenvalue weighted by molar-refractivity contribution is 6.09. The van der Waals surface area contributed by atoms with Crippen LogP contribution in [0.2, 0.25) is 0 Å². The van der Waals surface area contributed by atoms with Gasteiger partial charge in [-0.15, -0.1) is 10.2 Å². The SMILES string of the molecule is COc1c(F)cc(Cc2nnc(/C(C=N)=C3\NC(=O)C=C(C4CCNCC4)N3)o2)cc1F. The van der Waals surface area contributed by atoms with Crippen LogP contribution in [0.4, 0.5) is 8.78 Å². The van der Waals surface area contributed by atoms with E-state index >= 15 is 0 Å². The molecular weight excluding hydrogens is 422 g/mol. The molecule has 168 valence electrons. The Morgan fingerprint density at radius 2 is 1.97 bits per heavy atom. The minimum atomic E-state index is -0.837. The van der Waals surface area contributed by atoms with Crippen LogP contribution in [-0.2, 0) is 11.2 Å². The number of allylic oxidation sites excluding steroid dienone is 2. The molecule has 1 aromatic heterocycles. The second-order valence-electron chi connectivity index (χ2n) is 7.44. The molecule has 0 aliphatic carbocycles. The highest BCUT2D eigenvalue weighted by Crippen LogP contribution is 2.26. The van der Waals surface area contributed by atoms with Crippen molar-refractivity contribution in [3.05, 3.63) is 58.7 Å². The van der Waals surface area contributed by atoms with Crippen LogP contribution in [0, 0.1) is 23.0 Å². The summed E-state index contributed by atoms with van der Waals surface area (Å²) in [6, 6.07) is 2.25. The monoisotopic (exact) mass is 444 g/mol. The van der Waals surface area contributed by atoms with E-state index in [9.17, 15) is 13.6 Å². The summed E-state index contributed by atoms with van der Waals surface area (Å²) in [5, 5.41) is 24.8. The fourth-order valence-electron chi connectivity index (χ4n) is 3.76. The lowest BCUT2D eigenvalue weighted by Crippen LogP contribution is -2.41. The number of carbonyl (C=O) groups is 1. The fraction of sp³-hybridized carbons (Fsp3) is 0.333. The number of carbonyl (C=O) groups excluding carboxylic acids is 1. The van der Waals surface area contributed by atoms with Gasteiger partial charge in [-0.25, -0.2) is 8.78 Å². The Labute approximate surface area is 182 Å². The van der Waals surface area contributed by atoms with Crippen LogP contribution in [0.3, 0.4) is 0 Å². The van der Waals surface area contributed by atoms with Gasteiger partial charge in [0, 0.05) is 23.9 Å². The zero-order chi connectivity index (χ0) is 22.7. The quantitative estimate of drug-likeness (QED) is 0.501. The largest absolute Gasteiger partial charge is 0.491 e. The molecule has 4 rings (SSSR count). The van der Waals surface area contributed by atoms with Gasteiger partial charge >= 0.3 is 0 Å². The first-order chi connectivity index (χ1) is 15.5. The van der Waals surface area contributed by atoms with Crippen molar-refractivity contribution in [2.24, 2.45) is 5.92 Å². The molecule has 32 heavy (non-hydrogen) atoms. The lowest BCUT2D eigenvalue weighted by atomic mass is 9.93. The van der Waals surface area contributed by atoms with Gasteiger partial charge in [0.25, 0.3) is 11.8 Å². The van der Waals surface area contributed by atoms with E-state index in [0.29, 0.717) is 0 Å². The minimum absolute atomic E-state index is 0.00110. The number of ether oxygens (including phenoxy) is 1. The molecule has 0 unspecified atom stereocenters. The molecule has 0 spiro atoms. The number of nitrogens with one attached hydrogen (secondary N) is 4. The van der Waals surface area contributed by atoms with Crippen molar-refractivity contribution in [2.45, 2.75) is 19.3 Å². The van der Waals surface area contributed by atoms with Crippen LogP contribution < -0.4 is 20.7 Å². The van der Waals surface area contributed by atoms with Gasteiger partial charge in [-0.2, -0.15) is 0 Å². The number of benzene rings is 1. The first kappa shape index (κ1) is 21.6. The fourth-order valence-corrected chi connectivity index (χ4v) is 3.76. The smallest absolute Gasteiger partial charge is 0.252 e. The van der Waals surface area contributed by atoms with Crippen molar-refractivity contribution in [3.8, 4) is 5.75 Å². The average Bonchev–Trinajstić information content (AvgIpc) is 3.22. The molecule has 3 heterocycles. The van der Waals surface area contributed by atoms with Crippen molar-refractivity contribution in [3.63, 3.8) is 0 Å². The molecule has 1 aromatic carbocycles. The summed E-state index contributed by atoms with van der Waals surface area (Å²) in [6.45, 7) is 1.72. The van der Waals surface area contributed by atoms with Gasteiger partial charge in [-0.1, -0.05) is 0 Å². The normalized spacial score (nSPS) is 18.5. The third kappa shape index (κ3) is 4.52. The molecule has 0 bridgehead atoms. The summed E-state index contributed by atoms with van der Waals surface area (Å²) in [7, 11) is 1.18. The highest BCUT2D eigenvalue weighted by atomic mass is 19.1. The van der Waals surface area contributed by atoms with E-state index in [1.165, 1.54) is 13.2 Å². The number of hydrogen-bond donors (Lipinski definition) is 4. The molecule has 0 atom stereocenters. The Balaban J connectivity index is 1.57. The van der Waals surface area contributed by atoms with Crippen molar-refractivity contribution < 1.29 is 22.7 Å². The summed E-state index contributed by atoms with van der Waals surface area (Å²) < 4.78 is 38.2. The number of halogens is 2.